The lowest BCUT2D eigenvalue weighted by molar-refractivity contribution is 0.251. The Hall–Kier alpha value is -0.870. The lowest BCUT2D eigenvalue weighted by Crippen LogP contribution is -2.38. The van der Waals surface area contributed by atoms with E-state index in [4.69, 9.17) is 0 Å². The lowest BCUT2D eigenvalue weighted by Gasteiger charge is -2.23. The molecule has 1 aromatic heterocycles. The number of hydrogen-bond donors (Lipinski definition) is 1. The van der Waals surface area contributed by atoms with Crippen LogP contribution in [0.4, 0.5) is 0 Å². The Balaban J connectivity index is 1.83. The smallest absolute Gasteiger partial charge is 0.109 e. The van der Waals surface area contributed by atoms with Crippen molar-refractivity contribution in [3.05, 3.63) is 18.2 Å². The van der Waals surface area contributed by atoms with Crippen molar-refractivity contribution in [2.45, 2.75) is 25.3 Å². The number of aromatic nitrogens is 2. The van der Waals surface area contributed by atoms with Crippen molar-refractivity contribution < 1.29 is 0 Å². The maximum atomic E-state index is 4.37. The first-order valence-electron chi connectivity index (χ1n) is 6.16. The molecule has 0 spiro atoms. The van der Waals surface area contributed by atoms with Gasteiger partial charge in [0.05, 0.1) is 0 Å². The Kier molecular flexibility index (Phi) is 3.96. The predicted octanol–water partition coefficient (Wildman–Crippen LogP) is 0.646. The zero-order chi connectivity index (χ0) is 11.4. The molecule has 0 aromatic carbocycles. The summed E-state index contributed by atoms with van der Waals surface area (Å²) in [5, 5.41) is 3.28. The van der Waals surface area contributed by atoms with Gasteiger partial charge in [-0.05, 0) is 26.4 Å². The predicted molar refractivity (Wildman–Crippen MR) is 65.4 cm³/mol. The number of nitrogens with zero attached hydrogens (tertiary/aromatic N) is 3. The van der Waals surface area contributed by atoms with E-state index in [1.54, 1.807) is 0 Å². The summed E-state index contributed by atoms with van der Waals surface area (Å²) in [6, 6.07) is 0.727. The van der Waals surface area contributed by atoms with Crippen LogP contribution >= 0.6 is 0 Å². The highest BCUT2D eigenvalue weighted by molar-refractivity contribution is 4.93. The molecule has 0 bridgehead atoms. The van der Waals surface area contributed by atoms with Crippen LogP contribution in [0.3, 0.4) is 0 Å². The van der Waals surface area contributed by atoms with Crippen LogP contribution < -0.4 is 5.32 Å². The van der Waals surface area contributed by atoms with Gasteiger partial charge >= 0.3 is 0 Å². The number of nitrogens with one attached hydrogen (secondary N) is 1. The van der Waals surface area contributed by atoms with Crippen molar-refractivity contribution in [2.24, 2.45) is 7.05 Å². The highest BCUT2D eigenvalue weighted by atomic mass is 15.2. The van der Waals surface area contributed by atoms with Crippen LogP contribution in [0, 0.1) is 0 Å². The molecular formula is C12H22N4. The third-order valence-electron chi connectivity index (χ3n) is 3.48. The molecule has 4 heteroatoms. The molecule has 1 aliphatic heterocycles. The van der Waals surface area contributed by atoms with Crippen molar-refractivity contribution in [3.63, 3.8) is 0 Å². The SMILES string of the molecule is CNCC1CCCN1CCc1nccn1C. The molecule has 1 unspecified atom stereocenters. The average Bonchev–Trinajstić information content (AvgIpc) is 2.86. The van der Waals surface area contributed by atoms with E-state index in [9.17, 15) is 0 Å². The molecule has 0 saturated carbocycles. The Bertz CT molecular complexity index is 321. The summed E-state index contributed by atoms with van der Waals surface area (Å²) in [7, 11) is 4.10. The van der Waals surface area contributed by atoms with Gasteiger partial charge in [0.2, 0.25) is 0 Å². The topological polar surface area (TPSA) is 33.1 Å². The molecule has 1 fully saturated rings. The minimum absolute atomic E-state index is 0.727. The van der Waals surface area contributed by atoms with Crippen molar-refractivity contribution in [2.75, 3.05) is 26.7 Å². The van der Waals surface area contributed by atoms with Gasteiger partial charge in [-0.2, -0.15) is 0 Å². The molecule has 2 heterocycles. The van der Waals surface area contributed by atoms with Gasteiger partial charge < -0.3 is 9.88 Å². The van der Waals surface area contributed by atoms with E-state index in [1.165, 1.54) is 25.2 Å². The van der Waals surface area contributed by atoms with Gasteiger partial charge in [-0.25, -0.2) is 4.98 Å². The van der Waals surface area contributed by atoms with Gasteiger partial charge in [-0.15, -0.1) is 0 Å². The third kappa shape index (κ3) is 2.62. The normalized spacial score (nSPS) is 21.8. The van der Waals surface area contributed by atoms with Crippen molar-refractivity contribution in [1.29, 1.82) is 0 Å². The van der Waals surface area contributed by atoms with Gasteiger partial charge in [0.25, 0.3) is 0 Å². The summed E-state index contributed by atoms with van der Waals surface area (Å²) in [6.45, 7) is 3.49. The van der Waals surface area contributed by atoms with E-state index < -0.39 is 0 Å². The minimum Gasteiger partial charge on any atom is -0.338 e. The Morgan fingerprint density at radius 1 is 1.56 bits per heavy atom. The molecule has 1 saturated heterocycles. The molecule has 0 amide bonds. The van der Waals surface area contributed by atoms with Gasteiger partial charge in [0.15, 0.2) is 0 Å². The molecule has 90 valence electrons. The second-order valence-corrected chi connectivity index (χ2v) is 4.59. The van der Waals surface area contributed by atoms with Crippen LogP contribution in [0.15, 0.2) is 12.4 Å². The first kappa shape index (κ1) is 11.6. The number of likely N-dealkylation sites (N-methyl/N-ethyl adjacent to an activating group) is 1. The van der Waals surface area contributed by atoms with Crippen LogP contribution in [-0.2, 0) is 13.5 Å². The summed E-state index contributed by atoms with van der Waals surface area (Å²) < 4.78 is 2.11. The summed E-state index contributed by atoms with van der Waals surface area (Å²) in [5.41, 5.74) is 0. The summed E-state index contributed by atoms with van der Waals surface area (Å²) in [5.74, 6) is 1.19. The van der Waals surface area contributed by atoms with Crippen LogP contribution in [0.2, 0.25) is 0 Å². The largest absolute Gasteiger partial charge is 0.338 e. The fourth-order valence-corrected chi connectivity index (χ4v) is 2.54. The van der Waals surface area contributed by atoms with Gasteiger partial charge in [-0.3, -0.25) is 4.90 Å². The Morgan fingerprint density at radius 2 is 2.44 bits per heavy atom. The van der Waals surface area contributed by atoms with Gasteiger partial charge in [0.1, 0.15) is 5.82 Å². The summed E-state index contributed by atoms with van der Waals surface area (Å²) in [6.07, 6.45) is 7.63. The standard InChI is InChI=1S/C12H22N4/c1-13-10-11-4-3-7-16(11)8-5-12-14-6-9-15(12)2/h6,9,11,13H,3-5,7-8,10H2,1-2H3. The second kappa shape index (κ2) is 5.46. The molecule has 2 rings (SSSR count). The molecule has 16 heavy (non-hydrogen) atoms. The van der Waals surface area contributed by atoms with Crippen LogP contribution in [0.25, 0.3) is 0 Å². The highest BCUT2D eigenvalue weighted by Gasteiger charge is 2.23. The zero-order valence-electron chi connectivity index (χ0n) is 10.3. The number of hydrogen-bond acceptors (Lipinski definition) is 3. The molecule has 1 aliphatic rings. The minimum atomic E-state index is 0.727. The van der Waals surface area contributed by atoms with Gasteiger partial charge in [-0.1, -0.05) is 0 Å². The molecular weight excluding hydrogens is 200 g/mol. The molecule has 1 aromatic rings. The molecule has 1 atom stereocenters. The monoisotopic (exact) mass is 222 g/mol. The van der Waals surface area contributed by atoms with E-state index in [0.29, 0.717) is 0 Å². The fraction of sp³-hybridized carbons (Fsp3) is 0.750. The van der Waals surface area contributed by atoms with E-state index in [2.05, 4.69) is 26.8 Å². The fourth-order valence-electron chi connectivity index (χ4n) is 2.54. The van der Waals surface area contributed by atoms with E-state index >= 15 is 0 Å². The number of likely N-dealkylation sites (tertiary alicyclic amines) is 1. The van der Waals surface area contributed by atoms with E-state index in [-0.39, 0.29) is 0 Å². The van der Waals surface area contributed by atoms with E-state index in [0.717, 1.165) is 25.6 Å². The number of imidazole rings is 1. The Morgan fingerprint density at radius 3 is 3.12 bits per heavy atom. The third-order valence-corrected chi connectivity index (χ3v) is 3.48. The molecule has 0 aliphatic carbocycles. The molecule has 4 nitrogen and oxygen atoms in total. The summed E-state index contributed by atoms with van der Waals surface area (Å²) in [4.78, 5) is 6.96. The van der Waals surface area contributed by atoms with Crippen molar-refractivity contribution in [1.82, 2.24) is 19.8 Å². The van der Waals surface area contributed by atoms with Crippen molar-refractivity contribution in [3.8, 4) is 0 Å². The van der Waals surface area contributed by atoms with E-state index in [1.807, 2.05) is 19.4 Å². The van der Waals surface area contributed by atoms with Crippen molar-refractivity contribution >= 4 is 0 Å². The number of aryl methyl sites for hydroxylation is 1. The quantitative estimate of drug-likeness (QED) is 0.794. The first-order valence-corrected chi connectivity index (χ1v) is 6.16. The number of rotatable bonds is 5. The maximum Gasteiger partial charge on any atom is 0.109 e. The highest BCUT2D eigenvalue weighted by Crippen LogP contribution is 2.16. The van der Waals surface area contributed by atoms with Crippen LogP contribution in [-0.4, -0.2) is 47.2 Å². The molecule has 0 radical (unpaired) electrons. The van der Waals surface area contributed by atoms with Gasteiger partial charge in [0, 0.05) is 45.0 Å². The Labute approximate surface area is 97.7 Å². The molecule has 1 N–H and O–H groups in total. The first-order chi connectivity index (χ1) is 7.81. The van der Waals surface area contributed by atoms with Crippen LogP contribution in [0.5, 0.6) is 0 Å². The maximum absolute atomic E-state index is 4.37. The zero-order valence-corrected chi connectivity index (χ0v) is 10.3. The second-order valence-electron chi connectivity index (χ2n) is 4.59. The van der Waals surface area contributed by atoms with Crippen LogP contribution in [0.1, 0.15) is 18.7 Å². The average molecular weight is 222 g/mol. The summed E-state index contributed by atoms with van der Waals surface area (Å²) >= 11 is 0. The lowest BCUT2D eigenvalue weighted by atomic mass is 10.2.